The van der Waals surface area contributed by atoms with E-state index in [9.17, 15) is 0 Å². The van der Waals surface area contributed by atoms with Crippen LogP contribution in [0.4, 0.5) is 5.69 Å². The van der Waals surface area contributed by atoms with Gasteiger partial charge in [-0.3, -0.25) is 4.90 Å². The SMILES string of the molecule is CCC(C)N1CCN(c2cccc(Cl)c2CNC)CC1. The number of rotatable bonds is 5. The largest absolute Gasteiger partial charge is 0.369 e. The van der Waals surface area contributed by atoms with Crippen molar-refractivity contribution in [3.05, 3.63) is 28.8 Å². The van der Waals surface area contributed by atoms with Crippen molar-refractivity contribution < 1.29 is 0 Å². The molecule has 1 aromatic carbocycles. The molecule has 0 bridgehead atoms. The minimum Gasteiger partial charge on any atom is -0.369 e. The van der Waals surface area contributed by atoms with E-state index in [0.717, 1.165) is 37.7 Å². The summed E-state index contributed by atoms with van der Waals surface area (Å²) in [6.07, 6.45) is 1.22. The van der Waals surface area contributed by atoms with Crippen molar-refractivity contribution >= 4 is 17.3 Å². The molecule has 1 aliphatic rings. The van der Waals surface area contributed by atoms with E-state index in [1.54, 1.807) is 0 Å². The van der Waals surface area contributed by atoms with Gasteiger partial charge in [0.1, 0.15) is 0 Å². The molecule has 1 unspecified atom stereocenters. The van der Waals surface area contributed by atoms with Crippen molar-refractivity contribution in [3.8, 4) is 0 Å². The Morgan fingerprint density at radius 3 is 2.55 bits per heavy atom. The Bertz CT molecular complexity index is 428. The van der Waals surface area contributed by atoms with E-state index in [4.69, 9.17) is 11.6 Å². The van der Waals surface area contributed by atoms with E-state index in [2.05, 4.69) is 41.1 Å². The lowest BCUT2D eigenvalue weighted by Crippen LogP contribution is -2.49. The summed E-state index contributed by atoms with van der Waals surface area (Å²) in [6.45, 7) is 9.85. The highest BCUT2D eigenvalue weighted by Crippen LogP contribution is 2.28. The van der Waals surface area contributed by atoms with Crippen LogP contribution in [0.2, 0.25) is 5.02 Å². The van der Waals surface area contributed by atoms with Gasteiger partial charge in [0.25, 0.3) is 0 Å². The molecule has 1 heterocycles. The van der Waals surface area contributed by atoms with Crippen molar-refractivity contribution in [2.24, 2.45) is 0 Å². The molecular formula is C16H26ClN3. The second kappa shape index (κ2) is 7.30. The summed E-state index contributed by atoms with van der Waals surface area (Å²) in [7, 11) is 1.97. The van der Waals surface area contributed by atoms with Crippen LogP contribution in [0.3, 0.4) is 0 Å². The molecule has 0 saturated carbocycles. The van der Waals surface area contributed by atoms with Crippen LogP contribution in [0, 0.1) is 0 Å². The van der Waals surface area contributed by atoms with E-state index in [-0.39, 0.29) is 0 Å². The summed E-state index contributed by atoms with van der Waals surface area (Å²) in [5.41, 5.74) is 2.50. The van der Waals surface area contributed by atoms with Crippen LogP contribution in [0.5, 0.6) is 0 Å². The van der Waals surface area contributed by atoms with Crippen LogP contribution in [-0.2, 0) is 6.54 Å². The number of hydrogen-bond acceptors (Lipinski definition) is 3. The zero-order valence-electron chi connectivity index (χ0n) is 12.8. The topological polar surface area (TPSA) is 18.5 Å². The lowest BCUT2D eigenvalue weighted by molar-refractivity contribution is 0.192. The van der Waals surface area contributed by atoms with Gasteiger partial charge in [0.15, 0.2) is 0 Å². The highest BCUT2D eigenvalue weighted by molar-refractivity contribution is 6.31. The molecule has 1 aromatic rings. The summed E-state index contributed by atoms with van der Waals surface area (Å²) >= 11 is 6.35. The fourth-order valence-corrected chi connectivity index (χ4v) is 3.09. The highest BCUT2D eigenvalue weighted by Gasteiger charge is 2.22. The van der Waals surface area contributed by atoms with Crippen LogP contribution in [0.15, 0.2) is 18.2 Å². The first-order valence-corrected chi connectivity index (χ1v) is 7.96. The van der Waals surface area contributed by atoms with Gasteiger partial charge in [0, 0.05) is 55.0 Å². The molecule has 2 rings (SSSR count). The van der Waals surface area contributed by atoms with E-state index in [1.165, 1.54) is 17.7 Å². The maximum absolute atomic E-state index is 6.35. The van der Waals surface area contributed by atoms with E-state index in [1.807, 2.05) is 13.1 Å². The van der Waals surface area contributed by atoms with Gasteiger partial charge in [-0.15, -0.1) is 0 Å². The summed E-state index contributed by atoms with van der Waals surface area (Å²) in [5.74, 6) is 0. The first-order valence-electron chi connectivity index (χ1n) is 7.58. The molecule has 3 nitrogen and oxygen atoms in total. The standard InChI is InChI=1S/C16H26ClN3/c1-4-13(2)19-8-10-20(11-9-19)16-7-5-6-15(17)14(16)12-18-3/h5-7,13,18H,4,8-12H2,1-3H3. The average molecular weight is 296 g/mol. The molecule has 0 spiro atoms. The molecule has 1 aliphatic heterocycles. The molecule has 1 fully saturated rings. The van der Waals surface area contributed by atoms with Gasteiger partial charge in [-0.25, -0.2) is 0 Å². The summed E-state index contributed by atoms with van der Waals surface area (Å²) in [4.78, 5) is 5.05. The van der Waals surface area contributed by atoms with E-state index >= 15 is 0 Å². The lowest BCUT2D eigenvalue weighted by atomic mass is 10.1. The molecule has 0 amide bonds. The fraction of sp³-hybridized carbons (Fsp3) is 0.625. The normalized spacial score (nSPS) is 18.3. The zero-order chi connectivity index (χ0) is 14.5. The Hall–Kier alpha value is -0.770. The van der Waals surface area contributed by atoms with Crippen LogP contribution in [0.1, 0.15) is 25.8 Å². The van der Waals surface area contributed by atoms with Crippen LogP contribution >= 0.6 is 11.6 Å². The lowest BCUT2D eigenvalue weighted by Gasteiger charge is -2.39. The first kappa shape index (κ1) is 15.6. The number of nitrogens with zero attached hydrogens (tertiary/aromatic N) is 2. The van der Waals surface area contributed by atoms with Gasteiger partial charge in [0.2, 0.25) is 0 Å². The quantitative estimate of drug-likeness (QED) is 0.901. The molecule has 4 heteroatoms. The minimum atomic E-state index is 0.688. The summed E-state index contributed by atoms with van der Waals surface area (Å²) in [5, 5.41) is 4.08. The Labute approximate surface area is 127 Å². The van der Waals surface area contributed by atoms with Crippen molar-refractivity contribution in [2.45, 2.75) is 32.9 Å². The van der Waals surface area contributed by atoms with Crippen molar-refractivity contribution in [1.29, 1.82) is 0 Å². The van der Waals surface area contributed by atoms with Crippen molar-refractivity contribution in [2.75, 3.05) is 38.1 Å². The second-order valence-corrected chi connectivity index (χ2v) is 5.96. The average Bonchev–Trinajstić information content (AvgIpc) is 2.49. The minimum absolute atomic E-state index is 0.688. The van der Waals surface area contributed by atoms with Gasteiger partial charge in [0.05, 0.1) is 0 Å². The van der Waals surface area contributed by atoms with Gasteiger partial charge in [-0.1, -0.05) is 24.6 Å². The third-order valence-corrected chi connectivity index (χ3v) is 4.67. The second-order valence-electron chi connectivity index (χ2n) is 5.55. The van der Waals surface area contributed by atoms with Gasteiger partial charge < -0.3 is 10.2 Å². The highest BCUT2D eigenvalue weighted by atomic mass is 35.5. The Morgan fingerprint density at radius 2 is 1.95 bits per heavy atom. The van der Waals surface area contributed by atoms with Gasteiger partial charge in [-0.05, 0) is 32.5 Å². The molecule has 1 saturated heterocycles. The Kier molecular flexibility index (Phi) is 5.70. The molecule has 0 aliphatic carbocycles. The first-order chi connectivity index (χ1) is 9.67. The van der Waals surface area contributed by atoms with Gasteiger partial charge >= 0.3 is 0 Å². The Balaban J connectivity index is 2.09. The predicted octanol–water partition coefficient (Wildman–Crippen LogP) is 2.98. The number of anilines is 1. The molecule has 0 radical (unpaired) electrons. The third-order valence-electron chi connectivity index (χ3n) is 4.32. The fourth-order valence-electron chi connectivity index (χ4n) is 2.86. The maximum Gasteiger partial charge on any atom is 0.0471 e. The van der Waals surface area contributed by atoms with Crippen molar-refractivity contribution in [1.82, 2.24) is 10.2 Å². The molecule has 1 atom stereocenters. The van der Waals surface area contributed by atoms with Gasteiger partial charge in [-0.2, -0.15) is 0 Å². The Morgan fingerprint density at radius 1 is 1.25 bits per heavy atom. The predicted molar refractivity (Wildman–Crippen MR) is 87.8 cm³/mol. The molecule has 0 aromatic heterocycles. The monoisotopic (exact) mass is 295 g/mol. The number of halogens is 1. The number of hydrogen-bond donors (Lipinski definition) is 1. The summed E-state index contributed by atoms with van der Waals surface area (Å²) < 4.78 is 0. The molecule has 1 N–H and O–H groups in total. The molecular weight excluding hydrogens is 270 g/mol. The smallest absolute Gasteiger partial charge is 0.0471 e. The molecule has 112 valence electrons. The van der Waals surface area contributed by atoms with Crippen LogP contribution in [-0.4, -0.2) is 44.2 Å². The van der Waals surface area contributed by atoms with Crippen LogP contribution in [0.25, 0.3) is 0 Å². The maximum atomic E-state index is 6.35. The number of nitrogens with one attached hydrogen (secondary N) is 1. The van der Waals surface area contributed by atoms with Crippen LogP contribution < -0.4 is 10.2 Å². The van der Waals surface area contributed by atoms with E-state index in [0.29, 0.717) is 6.04 Å². The third kappa shape index (κ3) is 3.46. The van der Waals surface area contributed by atoms with E-state index < -0.39 is 0 Å². The van der Waals surface area contributed by atoms with Crippen molar-refractivity contribution in [3.63, 3.8) is 0 Å². The summed E-state index contributed by atoms with van der Waals surface area (Å²) in [6, 6.07) is 6.91. The number of benzene rings is 1. The molecule has 20 heavy (non-hydrogen) atoms. The zero-order valence-corrected chi connectivity index (χ0v) is 13.6. The number of piperazine rings is 1.